The van der Waals surface area contributed by atoms with Gasteiger partial charge in [-0.2, -0.15) is 0 Å². The highest BCUT2D eigenvalue weighted by Crippen LogP contribution is 2.39. The predicted molar refractivity (Wildman–Crippen MR) is 233 cm³/mol. The Morgan fingerprint density at radius 3 is 1.38 bits per heavy atom. The van der Waals surface area contributed by atoms with E-state index < -0.39 is 0 Å². The molecule has 0 radical (unpaired) electrons. The molecule has 0 atom stereocenters. The molecule has 0 spiro atoms. The molecular weight excluding hydrogens is 685 g/mol. The molecule has 0 saturated carbocycles. The highest BCUT2D eigenvalue weighted by atomic mass is 32.1. The quantitative estimate of drug-likeness (QED) is 0.164. The summed E-state index contributed by atoms with van der Waals surface area (Å²) in [5.74, 6) is 0.697. The van der Waals surface area contributed by atoms with Crippen LogP contribution in [0.3, 0.4) is 0 Å². The summed E-state index contributed by atoms with van der Waals surface area (Å²) < 4.78 is 2.61. The van der Waals surface area contributed by atoms with Gasteiger partial charge in [-0.1, -0.05) is 152 Å². The zero-order chi connectivity index (χ0) is 36.6. The lowest BCUT2D eigenvalue weighted by atomic mass is 9.93. The topological polar surface area (TPSA) is 25.8 Å². The fraction of sp³-hybridized carbons (Fsp3) is 0. The molecule has 3 heteroatoms. The summed E-state index contributed by atoms with van der Waals surface area (Å²) >= 11 is 1.85. The van der Waals surface area contributed by atoms with E-state index in [1.165, 1.54) is 36.9 Å². The Morgan fingerprint density at radius 2 is 0.691 bits per heavy atom. The van der Waals surface area contributed by atoms with Crippen LogP contribution in [0.2, 0.25) is 0 Å². The van der Waals surface area contributed by atoms with Crippen LogP contribution >= 0.6 is 11.3 Å². The second-order valence-corrected chi connectivity index (χ2v) is 14.9. The van der Waals surface area contributed by atoms with Gasteiger partial charge in [0.05, 0.1) is 11.4 Å². The Balaban J connectivity index is 1.13. The van der Waals surface area contributed by atoms with Crippen LogP contribution in [-0.2, 0) is 0 Å². The maximum absolute atomic E-state index is 5.27. The van der Waals surface area contributed by atoms with Gasteiger partial charge < -0.3 is 0 Å². The van der Waals surface area contributed by atoms with Crippen molar-refractivity contribution in [2.45, 2.75) is 0 Å². The second-order valence-electron chi connectivity index (χ2n) is 13.8. The van der Waals surface area contributed by atoms with E-state index in [1.54, 1.807) is 0 Å². The first-order valence-electron chi connectivity index (χ1n) is 18.6. The number of benzene rings is 8. The molecule has 0 unspecified atom stereocenters. The van der Waals surface area contributed by atoms with E-state index >= 15 is 0 Å². The third kappa shape index (κ3) is 6.52. The lowest BCUT2D eigenvalue weighted by molar-refractivity contribution is 1.18. The molecule has 55 heavy (non-hydrogen) atoms. The van der Waals surface area contributed by atoms with E-state index in [-0.39, 0.29) is 0 Å². The van der Waals surface area contributed by atoms with E-state index in [0.29, 0.717) is 5.82 Å². The van der Waals surface area contributed by atoms with Gasteiger partial charge in [0.2, 0.25) is 0 Å². The van der Waals surface area contributed by atoms with Crippen molar-refractivity contribution < 1.29 is 0 Å². The predicted octanol–water partition coefficient (Wildman–Crippen LogP) is 14.5. The SMILES string of the molecule is c1ccc(-c2cccc(-c3cccc(-c4cc(-c5cc(-c6ccccc6)cc(-c6ccc7sc8ccccc8c7c6)c5)nc(-c5ccccc5)n4)c3)c2)cc1. The van der Waals surface area contributed by atoms with Crippen molar-refractivity contribution in [1.82, 2.24) is 9.97 Å². The van der Waals surface area contributed by atoms with Crippen LogP contribution in [-0.4, -0.2) is 9.97 Å². The summed E-state index contributed by atoms with van der Waals surface area (Å²) in [7, 11) is 0. The number of hydrogen-bond acceptors (Lipinski definition) is 3. The van der Waals surface area contributed by atoms with E-state index in [2.05, 4.69) is 188 Å². The lowest BCUT2D eigenvalue weighted by Gasteiger charge is -2.14. The molecule has 0 fully saturated rings. The Morgan fingerprint density at radius 1 is 0.255 bits per heavy atom. The van der Waals surface area contributed by atoms with Crippen molar-refractivity contribution in [3.63, 3.8) is 0 Å². The van der Waals surface area contributed by atoms with E-state index in [0.717, 1.165) is 55.9 Å². The summed E-state index contributed by atoms with van der Waals surface area (Å²) in [6, 6.07) is 73.5. The van der Waals surface area contributed by atoms with Crippen LogP contribution in [0, 0.1) is 0 Å². The molecule has 10 aromatic rings. The maximum Gasteiger partial charge on any atom is 0.160 e. The molecule has 0 bridgehead atoms. The van der Waals surface area contributed by atoms with Crippen molar-refractivity contribution in [3.05, 3.63) is 206 Å². The number of rotatable bonds is 7. The Labute approximate surface area is 324 Å². The molecule has 2 nitrogen and oxygen atoms in total. The first kappa shape index (κ1) is 32.7. The van der Waals surface area contributed by atoms with Crippen LogP contribution in [0.4, 0.5) is 0 Å². The first-order valence-corrected chi connectivity index (χ1v) is 19.4. The molecule has 2 aromatic heterocycles. The highest BCUT2D eigenvalue weighted by molar-refractivity contribution is 7.25. The Kier molecular flexibility index (Phi) is 8.40. The summed E-state index contributed by atoms with van der Waals surface area (Å²) in [4.78, 5) is 10.5. The average Bonchev–Trinajstić information content (AvgIpc) is 3.65. The molecule has 8 aromatic carbocycles. The second kappa shape index (κ2) is 14.1. The molecule has 10 rings (SSSR count). The van der Waals surface area contributed by atoms with Gasteiger partial charge in [0.1, 0.15) is 0 Å². The third-order valence-electron chi connectivity index (χ3n) is 10.3. The monoisotopic (exact) mass is 718 g/mol. The van der Waals surface area contributed by atoms with Crippen molar-refractivity contribution in [1.29, 1.82) is 0 Å². The van der Waals surface area contributed by atoms with Crippen LogP contribution in [0.1, 0.15) is 0 Å². The minimum atomic E-state index is 0.697. The van der Waals surface area contributed by atoms with E-state index in [4.69, 9.17) is 9.97 Å². The minimum absolute atomic E-state index is 0.697. The number of thiophene rings is 1. The molecule has 0 aliphatic heterocycles. The smallest absolute Gasteiger partial charge is 0.160 e. The van der Waals surface area contributed by atoms with Crippen LogP contribution in [0.5, 0.6) is 0 Å². The number of fused-ring (bicyclic) bond motifs is 3. The fourth-order valence-corrected chi connectivity index (χ4v) is 8.56. The molecule has 258 valence electrons. The van der Waals surface area contributed by atoms with Gasteiger partial charge in [0.25, 0.3) is 0 Å². The van der Waals surface area contributed by atoms with Crippen molar-refractivity contribution in [2.75, 3.05) is 0 Å². The average molecular weight is 719 g/mol. The normalized spacial score (nSPS) is 11.3. The maximum atomic E-state index is 5.27. The van der Waals surface area contributed by atoms with Crippen LogP contribution < -0.4 is 0 Å². The number of aromatic nitrogens is 2. The van der Waals surface area contributed by atoms with Crippen molar-refractivity contribution in [3.8, 4) is 78.4 Å². The third-order valence-corrected chi connectivity index (χ3v) is 11.4. The van der Waals surface area contributed by atoms with Gasteiger partial charge in [-0.15, -0.1) is 11.3 Å². The van der Waals surface area contributed by atoms with Crippen molar-refractivity contribution >= 4 is 31.5 Å². The van der Waals surface area contributed by atoms with E-state index in [9.17, 15) is 0 Å². The molecule has 0 N–H and O–H groups in total. The number of nitrogens with zero attached hydrogens (tertiary/aromatic N) is 2. The summed E-state index contributed by atoms with van der Waals surface area (Å²) in [6.45, 7) is 0. The zero-order valence-electron chi connectivity index (χ0n) is 29.9. The summed E-state index contributed by atoms with van der Waals surface area (Å²) in [6.07, 6.45) is 0. The first-order chi connectivity index (χ1) is 27.2. The molecule has 0 aliphatic rings. The lowest BCUT2D eigenvalue weighted by Crippen LogP contribution is -1.97. The Bertz CT molecular complexity index is 2970. The van der Waals surface area contributed by atoms with Crippen LogP contribution in [0.15, 0.2) is 206 Å². The van der Waals surface area contributed by atoms with Gasteiger partial charge in [0, 0.05) is 36.9 Å². The van der Waals surface area contributed by atoms with Gasteiger partial charge in [-0.3, -0.25) is 0 Å². The summed E-state index contributed by atoms with van der Waals surface area (Å²) in [5, 5.41) is 2.58. The van der Waals surface area contributed by atoms with Gasteiger partial charge in [0.15, 0.2) is 5.82 Å². The van der Waals surface area contributed by atoms with Crippen LogP contribution in [0.25, 0.3) is 98.6 Å². The molecule has 0 saturated heterocycles. The molecule has 0 aliphatic carbocycles. The fourth-order valence-electron chi connectivity index (χ4n) is 7.47. The highest BCUT2D eigenvalue weighted by Gasteiger charge is 2.15. The Hall–Kier alpha value is -6.94. The van der Waals surface area contributed by atoms with Gasteiger partial charge in [-0.05, 0) is 99.1 Å². The van der Waals surface area contributed by atoms with Gasteiger partial charge in [-0.25, -0.2) is 9.97 Å². The molecule has 0 amide bonds. The summed E-state index contributed by atoms with van der Waals surface area (Å²) in [5.41, 5.74) is 14.1. The zero-order valence-corrected chi connectivity index (χ0v) is 30.7. The molecular formula is C52H34N2S. The van der Waals surface area contributed by atoms with E-state index in [1.807, 2.05) is 29.5 Å². The van der Waals surface area contributed by atoms with Crippen molar-refractivity contribution in [2.24, 2.45) is 0 Å². The standard InChI is InChI=1S/C52H34N2S/c1-4-14-35(15-5-1)38-20-12-21-39(28-38)40-22-13-23-42(29-40)48-34-49(54-52(53-48)37-18-8-3-9-19-37)45-31-43(36-16-6-2-7-17-36)30-44(32-45)41-26-27-51-47(33-41)46-24-10-11-25-50(46)55-51/h1-34H. The minimum Gasteiger partial charge on any atom is -0.228 e. The number of hydrogen-bond donors (Lipinski definition) is 0. The van der Waals surface area contributed by atoms with Gasteiger partial charge >= 0.3 is 0 Å². The largest absolute Gasteiger partial charge is 0.228 e. The molecule has 2 heterocycles.